The Balaban J connectivity index is 1.30. The van der Waals surface area contributed by atoms with E-state index in [0.29, 0.717) is 39.3 Å². The van der Waals surface area contributed by atoms with Crippen molar-refractivity contribution in [3.63, 3.8) is 0 Å². The molecule has 2 saturated heterocycles. The van der Waals surface area contributed by atoms with Crippen LogP contribution < -0.4 is 10.2 Å². The van der Waals surface area contributed by atoms with E-state index in [-0.39, 0.29) is 24.6 Å². The van der Waals surface area contributed by atoms with E-state index in [1.54, 1.807) is 4.90 Å². The van der Waals surface area contributed by atoms with Gasteiger partial charge in [0.25, 0.3) is 0 Å². The molecule has 1 aromatic heterocycles. The minimum atomic E-state index is -0.214. The van der Waals surface area contributed by atoms with Gasteiger partial charge in [-0.1, -0.05) is 30.3 Å². The molecule has 2 fully saturated rings. The van der Waals surface area contributed by atoms with Crippen LogP contribution in [0, 0.1) is 0 Å². The zero-order chi connectivity index (χ0) is 23.0. The van der Waals surface area contributed by atoms with Gasteiger partial charge in [-0.25, -0.2) is 4.79 Å². The van der Waals surface area contributed by atoms with Crippen molar-refractivity contribution >= 4 is 17.8 Å². The number of anilines is 1. The molecule has 4 rings (SSSR count). The summed E-state index contributed by atoms with van der Waals surface area (Å²) in [4.78, 5) is 31.0. The Kier molecular flexibility index (Phi) is 7.72. The summed E-state index contributed by atoms with van der Waals surface area (Å²) in [5.74, 6) is 0.772. The zero-order valence-electron chi connectivity index (χ0n) is 19.2. The third kappa shape index (κ3) is 5.98. The summed E-state index contributed by atoms with van der Waals surface area (Å²) < 4.78 is 5.67. The maximum absolute atomic E-state index is 13.0. The number of amides is 3. The number of aromatic nitrogens is 2. The van der Waals surface area contributed by atoms with Crippen LogP contribution in [0.25, 0.3) is 11.3 Å². The van der Waals surface area contributed by atoms with Gasteiger partial charge in [-0.2, -0.15) is 0 Å². The Morgan fingerprint density at radius 2 is 1.88 bits per heavy atom. The number of carbonyl (C=O) groups excluding carboxylic acids is 2. The van der Waals surface area contributed by atoms with E-state index in [9.17, 15) is 9.59 Å². The number of carbonyl (C=O) groups is 2. The molecule has 9 heteroatoms. The number of hydrogen-bond donors (Lipinski definition) is 1. The Bertz CT molecular complexity index is 910. The standard InChI is InChI=1S/C24H32N6O3/c1-2-25-24(32)30(17-20-9-6-16-33-20)18-23(31)29-14-12-28(13-15-29)22-11-10-21(26-27-22)19-7-4-3-5-8-19/h3-5,7-8,10-11,20H,2,6,9,12-18H2,1H3,(H,25,32)/t20-/m0/s1. The molecule has 1 aromatic carbocycles. The van der Waals surface area contributed by atoms with Crippen LogP contribution in [-0.2, 0) is 9.53 Å². The van der Waals surface area contributed by atoms with E-state index in [4.69, 9.17) is 4.74 Å². The number of urea groups is 1. The number of piperazine rings is 1. The monoisotopic (exact) mass is 452 g/mol. The van der Waals surface area contributed by atoms with Crippen LogP contribution in [0.4, 0.5) is 10.6 Å². The summed E-state index contributed by atoms with van der Waals surface area (Å²) in [5.41, 5.74) is 1.87. The second kappa shape index (κ2) is 11.1. The highest BCUT2D eigenvalue weighted by molar-refractivity contribution is 5.84. The van der Waals surface area contributed by atoms with Gasteiger partial charge in [0.15, 0.2) is 5.82 Å². The number of ether oxygens (including phenoxy) is 1. The quantitative estimate of drug-likeness (QED) is 0.691. The zero-order valence-corrected chi connectivity index (χ0v) is 19.2. The van der Waals surface area contributed by atoms with E-state index in [1.165, 1.54) is 0 Å². The topological polar surface area (TPSA) is 90.9 Å². The smallest absolute Gasteiger partial charge is 0.317 e. The van der Waals surface area contributed by atoms with E-state index < -0.39 is 0 Å². The second-order valence-electron chi connectivity index (χ2n) is 8.36. The summed E-state index contributed by atoms with van der Waals surface area (Å²) in [6.45, 7) is 6.16. The van der Waals surface area contributed by atoms with Crippen LogP contribution in [0.5, 0.6) is 0 Å². The van der Waals surface area contributed by atoms with Crippen molar-refractivity contribution in [3.8, 4) is 11.3 Å². The van der Waals surface area contributed by atoms with Gasteiger partial charge >= 0.3 is 6.03 Å². The highest BCUT2D eigenvalue weighted by Crippen LogP contribution is 2.19. The Labute approximate surface area is 194 Å². The SMILES string of the molecule is CCNC(=O)N(CC(=O)N1CCN(c2ccc(-c3ccccc3)nn2)CC1)C[C@@H]1CCCO1. The molecule has 2 aromatic rings. The van der Waals surface area contributed by atoms with Crippen LogP contribution in [-0.4, -0.2) is 90.5 Å². The predicted molar refractivity (Wildman–Crippen MR) is 126 cm³/mol. The molecule has 0 unspecified atom stereocenters. The highest BCUT2D eigenvalue weighted by atomic mass is 16.5. The Morgan fingerprint density at radius 3 is 2.52 bits per heavy atom. The maximum Gasteiger partial charge on any atom is 0.317 e. The second-order valence-corrected chi connectivity index (χ2v) is 8.36. The average Bonchev–Trinajstić information content (AvgIpc) is 3.38. The average molecular weight is 453 g/mol. The third-order valence-corrected chi connectivity index (χ3v) is 6.07. The minimum Gasteiger partial charge on any atom is -0.376 e. The van der Waals surface area contributed by atoms with Gasteiger partial charge in [-0.05, 0) is 31.9 Å². The van der Waals surface area contributed by atoms with Crippen molar-refractivity contribution in [1.29, 1.82) is 0 Å². The molecule has 3 amide bonds. The molecule has 3 heterocycles. The molecule has 2 aliphatic rings. The van der Waals surface area contributed by atoms with E-state index >= 15 is 0 Å². The van der Waals surface area contributed by atoms with Gasteiger partial charge < -0.3 is 24.8 Å². The molecule has 2 aliphatic heterocycles. The van der Waals surface area contributed by atoms with Gasteiger partial charge in [0.05, 0.1) is 11.8 Å². The summed E-state index contributed by atoms with van der Waals surface area (Å²) in [6.07, 6.45) is 1.93. The molecular weight excluding hydrogens is 420 g/mol. The van der Waals surface area contributed by atoms with Gasteiger partial charge in [0.1, 0.15) is 6.54 Å². The fourth-order valence-electron chi connectivity index (χ4n) is 4.22. The molecule has 176 valence electrons. The van der Waals surface area contributed by atoms with E-state index in [0.717, 1.165) is 36.5 Å². The van der Waals surface area contributed by atoms with Gasteiger partial charge in [-0.3, -0.25) is 4.79 Å². The van der Waals surface area contributed by atoms with Crippen LogP contribution in [0.2, 0.25) is 0 Å². The van der Waals surface area contributed by atoms with Crippen LogP contribution >= 0.6 is 0 Å². The molecule has 0 spiro atoms. The van der Waals surface area contributed by atoms with Gasteiger partial charge in [-0.15, -0.1) is 10.2 Å². The Hall–Kier alpha value is -3.20. The van der Waals surface area contributed by atoms with Crippen molar-refractivity contribution in [2.75, 3.05) is 57.3 Å². The molecule has 1 atom stereocenters. The summed E-state index contributed by atoms with van der Waals surface area (Å²) >= 11 is 0. The van der Waals surface area contributed by atoms with Crippen LogP contribution in [0.1, 0.15) is 19.8 Å². The number of hydrogen-bond acceptors (Lipinski definition) is 6. The first-order valence-corrected chi connectivity index (χ1v) is 11.7. The number of nitrogens with zero attached hydrogens (tertiary/aromatic N) is 5. The number of nitrogens with one attached hydrogen (secondary N) is 1. The normalized spacial score (nSPS) is 18.3. The molecule has 0 bridgehead atoms. The van der Waals surface area contributed by atoms with Crippen molar-refractivity contribution in [2.24, 2.45) is 0 Å². The number of rotatable bonds is 7. The van der Waals surface area contributed by atoms with Crippen molar-refractivity contribution in [1.82, 2.24) is 25.3 Å². The molecule has 9 nitrogen and oxygen atoms in total. The first-order chi connectivity index (χ1) is 16.1. The fourth-order valence-corrected chi connectivity index (χ4v) is 4.22. The lowest BCUT2D eigenvalue weighted by Gasteiger charge is -2.36. The molecule has 33 heavy (non-hydrogen) atoms. The first-order valence-electron chi connectivity index (χ1n) is 11.7. The largest absolute Gasteiger partial charge is 0.376 e. The third-order valence-electron chi connectivity index (χ3n) is 6.07. The van der Waals surface area contributed by atoms with Crippen molar-refractivity contribution < 1.29 is 14.3 Å². The molecular formula is C24H32N6O3. The lowest BCUT2D eigenvalue weighted by molar-refractivity contribution is -0.132. The fraction of sp³-hybridized carbons (Fsp3) is 0.500. The lowest BCUT2D eigenvalue weighted by atomic mass is 10.1. The van der Waals surface area contributed by atoms with Crippen molar-refractivity contribution in [2.45, 2.75) is 25.9 Å². The predicted octanol–water partition coefficient (Wildman–Crippen LogP) is 2.00. The molecule has 0 radical (unpaired) electrons. The van der Waals surface area contributed by atoms with E-state index in [1.807, 2.05) is 54.3 Å². The minimum absolute atomic E-state index is 0.00897. The van der Waals surface area contributed by atoms with Crippen molar-refractivity contribution in [3.05, 3.63) is 42.5 Å². The molecule has 1 N–H and O–H groups in total. The summed E-state index contributed by atoms with van der Waals surface area (Å²) in [5, 5.41) is 11.6. The van der Waals surface area contributed by atoms with E-state index in [2.05, 4.69) is 20.4 Å². The Morgan fingerprint density at radius 1 is 1.09 bits per heavy atom. The maximum atomic E-state index is 13.0. The van der Waals surface area contributed by atoms with Crippen LogP contribution in [0.3, 0.4) is 0 Å². The van der Waals surface area contributed by atoms with Crippen LogP contribution in [0.15, 0.2) is 42.5 Å². The lowest BCUT2D eigenvalue weighted by Crippen LogP contribution is -2.54. The van der Waals surface area contributed by atoms with Gasteiger partial charge in [0.2, 0.25) is 5.91 Å². The summed E-state index contributed by atoms with van der Waals surface area (Å²) in [7, 11) is 0. The number of benzene rings is 1. The van der Waals surface area contributed by atoms with Gasteiger partial charge in [0, 0.05) is 51.4 Å². The molecule has 0 saturated carbocycles. The first kappa shape index (κ1) is 23.0. The summed E-state index contributed by atoms with van der Waals surface area (Å²) in [6, 6.07) is 13.7. The molecule has 0 aliphatic carbocycles. The highest BCUT2D eigenvalue weighted by Gasteiger charge is 2.28.